The summed E-state index contributed by atoms with van der Waals surface area (Å²) in [4.78, 5) is 37.9. The summed E-state index contributed by atoms with van der Waals surface area (Å²) in [6, 6.07) is -0.490. The Kier molecular flexibility index (Phi) is 5.25. The maximum absolute atomic E-state index is 12.5. The summed E-state index contributed by atoms with van der Waals surface area (Å²) in [6.45, 7) is 0.846. The number of nitrogens with zero attached hydrogens (tertiary/aromatic N) is 2. The molecule has 26 heavy (non-hydrogen) atoms. The first-order valence-corrected chi connectivity index (χ1v) is 10.9. The van der Waals surface area contributed by atoms with Crippen LogP contribution in [0.5, 0.6) is 0 Å². The first-order valence-electron chi connectivity index (χ1n) is 9.10. The van der Waals surface area contributed by atoms with Gasteiger partial charge in [0.05, 0.1) is 6.26 Å². The molecular weight excluding hydrogens is 360 g/mol. The van der Waals surface area contributed by atoms with E-state index in [0.29, 0.717) is 38.8 Å². The summed E-state index contributed by atoms with van der Waals surface area (Å²) in [5, 5.41) is 5.67. The fourth-order valence-corrected chi connectivity index (χ4v) is 4.92. The van der Waals surface area contributed by atoms with Gasteiger partial charge in [0.15, 0.2) is 0 Å². The van der Waals surface area contributed by atoms with Gasteiger partial charge in [0, 0.05) is 32.1 Å². The van der Waals surface area contributed by atoms with Crippen molar-refractivity contribution < 1.29 is 22.8 Å². The zero-order valence-corrected chi connectivity index (χ0v) is 15.8. The molecule has 3 rings (SSSR count). The molecule has 2 aliphatic heterocycles. The molecule has 1 spiro atoms. The molecule has 2 heterocycles. The highest BCUT2D eigenvalue weighted by atomic mass is 32.2. The number of hydrogen-bond donors (Lipinski definition) is 2. The molecule has 2 saturated heterocycles. The molecule has 9 nitrogen and oxygen atoms in total. The summed E-state index contributed by atoms with van der Waals surface area (Å²) in [5.41, 5.74) is -0.744. The van der Waals surface area contributed by atoms with Crippen molar-refractivity contribution in [3.8, 4) is 0 Å². The Hall–Kier alpha value is -1.68. The van der Waals surface area contributed by atoms with Crippen LogP contribution in [-0.4, -0.2) is 72.9 Å². The first kappa shape index (κ1) is 19.1. The van der Waals surface area contributed by atoms with Crippen LogP contribution in [0.25, 0.3) is 0 Å². The van der Waals surface area contributed by atoms with Gasteiger partial charge in [0.2, 0.25) is 15.9 Å². The minimum atomic E-state index is -3.19. The number of rotatable bonds is 5. The molecule has 2 N–H and O–H groups in total. The Bertz CT molecular complexity index is 693. The predicted molar refractivity (Wildman–Crippen MR) is 93.6 cm³/mol. The smallest absolute Gasteiger partial charge is 0.325 e. The molecule has 1 saturated carbocycles. The second-order valence-electron chi connectivity index (χ2n) is 7.43. The van der Waals surface area contributed by atoms with E-state index < -0.39 is 21.6 Å². The lowest BCUT2D eigenvalue weighted by atomic mass is 9.98. The number of hydrogen-bond acceptors (Lipinski definition) is 5. The summed E-state index contributed by atoms with van der Waals surface area (Å²) in [6.07, 6.45) is 5.54. The average Bonchev–Trinajstić information content (AvgIpc) is 3.12. The SMILES string of the molecule is CS(=O)(=O)N1CCC(NC(=O)CCN2C(=O)NC3(CCCC3)C2=O)CC1. The molecule has 1 aliphatic carbocycles. The third-order valence-electron chi connectivity index (χ3n) is 5.55. The van der Waals surface area contributed by atoms with E-state index in [2.05, 4.69) is 10.6 Å². The third-order valence-corrected chi connectivity index (χ3v) is 6.86. The molecule has 10 heteroatoms. The molecule has 0 aromatic heterocycles. The van der Waals surface area contributed by atoms with Gasteiger partial charge in [0.1, 0.15) is 5.54 Å². The van der Waals surface area contributed by atoms with E-state index in [1.54, 1.807) is 0 Å². The van der Waals surface area contributed by atoms with E-state index in [1.807, 2.05) is 0 Å². The van der Waals surface area contributed by atoms with Gasteiger partial charge in [-0.1, -0.05) is 12.8 Å². The van der Waals surface area contributed by atoms with E-state index in [0.717, 1.165) is 17.7 Å². The van der Waals surface area contributed by atoms with Gasteiger partial charge in [-0.25, -0.2) is 17.5 Å². The predicted octanol–water partition coefficient (Wildman–Crippen LogP) is -0.219. The normalized spacial score (nSPS) is 24.3. The molecule has 0 bridgehead atoms. The maximum atomic E-state index is 12.5. The van der Waals surface area contributed by atoms with Crippen molar-refractivity contribution in [2.45, 2.75) is 56.5 Å². The lowest BCUT2D eigenvalue weighted by Crippen LogP contribution is -2.47. The molecular formula is C16H26N4O5S. The van der Waals surface area contributed by atoms with Gasteiger partial charge in [-0.05, 0) is 25.7 Å². The second kappa shape index (κ2) is 7.15. The number of amides is 4. The van der Waals surface area contributed by atoms with Crippen molar-refractivity contribution in [2.75, 3.05) is 25.9 Å². The minimum Gasteiger partial charge on any atom is -0.353 e. The maximum Gasteiger partial charge on any atom is 0.325 e. The lowest BCUT2D eigenvalue weighted by Gasteiger charge is -2.30. The monoisotopic (exact) mass is 386 g/mol. The van der Waals surface area contributed by atoms with Crippen LogP contribution in [0, 0.1) is 0 Å². The van der Waals surface area contributed by atoms with Crippen molar-refractivity contribution in [1.29, 1.82) is 0 Å². The van der Waals surface area contributed by atoms with Crippen LogP contribution in [0.2, 0.25) is 0 Å². The Morgan fingerprint density at radius 3 is 2.42 bits per heavy atom. The van der Waals surface area contributed by atoms with Gasteiger partial charge in [-0.2, -0.15) is 0 Å². The Morgan fingerprint density at radius 1 is 1.23 bits per heavy atom. The third kappa shape index (κ3) is 3.85. The zero-order chi connectivity index (χ0) is 18.9. The molecule has 3 aliphatic rings. The van der Waals surface area contributed by atoms with E-state index in [-0.39, 0.29) is 30.8 Å². The summed E-state index contributed by atoms with van der Waals surface area (Å²) in [5.74, 6) is -0.440. The first-order chi connectivity index (χ1) is 12.2. The number of imide groups is 1. The largest absolute Gasteiger partial charge is 0.353 e. The second-order valence-corrected chi connectivity index (χ2v) is 9.41. The summed E-state index contributed by atoms with van der Waals surface area (Å²) in [7, 11) is -3.19. The minimum absolute atomic E-state index is 0.0571. The fraction of sp³-hybridized carbons (Fsp3) is 0.812. The van der Waals surface area contributed by atoms with Gasteiger partial charge in [-0.15, -0.1) is 0 Å². The number of sulfonamides is 1. The van der Waals surface area contributed by atoms with Crippen molar-refractivity contribution in [1.82, 2.24) is 19.8 Å². The molecule has 0 atom stereocenters. The van der Waals surface area contributed by atoms with Crippen LogP contribution in [-0.2, 0) is 19.6 Å². The topological polar surface area (TPSA) is 116 Å². The number of carbonyl (C=O) groups is 3. The molecule has 3 fully saturated rings. The van der Waals surface area contributed by atoms with Crippen molar-refractivity contribution in [3.05, 3.63) is 0 Å². The van der Waals surface area contributed by atoms with Crippen molar-refractivity contribution in [3.63, 3.8) is 0 Å². The van der Waals surface area contributed by atoms with Crippen LogP contribution >= 0.6 is 0 Å². The Labute approximate surface area is 153 Å². The zero-order valence-electron chi connectivity index (χ0n) is 15.0. The lowest BCUT2D eigenvalue weighted by molar-refractivity contribution is -0.131. The Balaban J connectivity index is 1.45. The standard InChI is InChI=1S/C16H26N4O5S/c1-26(24,25)19-9-4-12(5-10-19)17-13(21)6-11-20-14(22)16(18-15(20)23)7-2-3-8-16/h12H,2-11H2,1H3,(H,17,21)(H,18,23). The van der Waals surface area contributed by atoms with E-state index >= 15 is 0 Å². The van der Waals surface area contributed by atoms with Crippen LogP contribution in [0.4, 0.5) is 4.79 Å². The van der Waals surface area contributed by atoms with E-state index in [1.165, 1.54) is 10.6 Å². The van der Waals surface area contributed by atoms with E-state index in [9.17, 15) is 22.8 Å². The summed E-state index contributed by atoms with van der Waals surface area (Å²) >= 11 is 0. The molecule has 0 aromatic rings. The molecule has 146 valence electrons. The highest BCUT2D eigenvalue weighted by molar-refractivity contribution is 7.88. The van der Waals surface area contributed by atoms with Gasteiger partial charge in [0.25, 0.3) is 5.91 Å². The van der Waals surface area contributed by atoms with E-state index in [4.69, 9.17) is 0 Å². The average molecular weight is 386 g/mol. The molecule has 0 aromatic carbocycles. The van der Waals surface area contributed by atoms with Crippen LogP contribution in [0.1, 0.15) is 44.9 Å². The Morgan fingerprint density at radius 2 is 1.85 bits per heavy atom. The fourth-order valence-electron chi connectivity index (χ4n) is 4.04. The van der Waals surface area contributed by atoms with Crippen LogP contribution < -0.4 is 10.6 Å². The highest BCUT2D eigenvalue weighted by Crippen LogP contribution is 2.35. The number of piperidine rings is 1. The molecule has 0 unspecified atom stereocenters. The number of carbonyl (C=O) groups excluding carboxylic acids is 3. The molecule has 4 amide bonds. The quantitative estimate of drug-likeness (QED) is 0.634. The van der Waals surface area contributed by atoms with Crippen molar-refractivity contribution >= 4 is 27.9 Å². The van der Waals surface area contributed by atoms with Crippen LogP contribution in [0.15, 0.2) is 0 Å². The van der Waals surface area contributed by atoms with Gasteiger partial charge >= 0.3 is 6.03 Å². The number of urea groups is 1. The molecule has 0 radical (unpaired) electrons. The van der Waals surface area contributed by atoms with Gasteiger partial charge < -0.3 is 10.6 Å². The highest BCUT2D eigenvalue weighted by Gasteiger charge is 2.52. The number of nitrogens with one attached hydrogen (secondary N) is 2. The van der Waals surface area contributed by atoms with Crippen molar-refractivity contribution in [2.24, 2.45) is 0 Å². The van der Waals surface area contributed by atoms with Crippen LogP contribution in [0.3, 0.4) is 0 Å². The summed E-state index contributed by atoms with van der Waals surface area (Å²) < 4.78 is 24.4. The van der Waals surface area contributed by atoms with Gasteiger partial charge in [-0.3, -0.25) is 14.5 Å².